The van der Waals surface area contributed by atoms with E-state index in [0.29, 0.717) is 0 Å². The predicted octanol–water partition coefficient (Wildman–Crippen LogP) is 5.02. The fourth-order valence-electron chi connectivity index (χ4n) is 5.57. The second-order valence-corrected chi connectivity index (χ2v) is 30.7. The van der Waals surface area contributed by atoms with Gasteiger partial charge in [-0.25, -0.2) is 0 Å². The quantitative estimate of drug-likeness (QED) is 0.107. The smallest absolute Gasteiger partial charge is 0.112 e. The van der Waals surface area contributed by atoms with E-state index in [0.717, 1.165) is 78.7 Å². The minimum atomic E-state index is -1.64. The molecule has 0 spiro atoms. The fourth-order valence-corrected chi connectivity index (χ4v) is 13.2. The Bertz CT molecular complexity index is 890. The van der Waals surface area contributed by atoms with Crippen LogP contribution in [0.1, 0.15) is 40.0 Å². The first-order valence-electron chi connectivity index (χ1n) is 16.4. The van der Waals surface area contributed by atoms with Crippen molar-refractivity contribution in [2.24, 2.45) is 0 Å². The van der Waals surface area contributed by atoms with Crippen LogP contribution < -0.4 is 15.6 Å². The lowest BCUT2D eigenvalue weighted by molar-refractivity contribution is 0.0857. The summed E-state index contributed by atoms with van der Waals surface area (Å²) in [6.45, 7) is 28.9. The summed E-state index contributed by atoms with van der Waals surface area (Å²) >= 11 is 0. The van der Waals surface area contributed by atoms with E-state index in [2.05, 4.69) is 78.3 Å². The van der Waals surface area contributed by atoms with E-state index in [9.17, 15) is 0 Å². The molecular formula is C33H60O6Si3. The average molecular weight is 637 g/mol. The number of epoxide rings is 3. The molecule has 3 aliphatic rings. The monoisotopic (exact) mass is 636 g/mol. The Morgan fingerprint density at radius 2 is 0.762 bits per heavy atom. The first-order chi connectivity index (χ1) is 19.6. The molecule has 3 unspecified atom stereocenters. The van der Waals surface area contributed by atoms with Crippen molar-refractivity contribution < 1.29 is 28.4 Å². The maximum Gasteiger partial charge on any atom is 0.112 e. The van der Waals surface area contributed by atoms with Crippen molar-refractivity contribution in [2.45, 2.75) is 114 Å². The molecule has 4 rings (SSSR count). The first kappa shape index (κ1) is 34.5. The van der Waals surface area contributed by atoms with Crippen LogP contribution in [0.5, 0.6) is 0 Å². The normalized spacial score (nSPS) is 27.4. The third-order valence-electron chi connectivity index (χ3n) is 9.68. The van der Waals surface area contributed by atoms with Crippen molar-refractivity contribution in [1.82, 2.24) is 0 Å². The second-order valence-electron chi connectivity index (χ2n) is 16.1. The number of ether oxygens (including phenoxy) is 6. The molecule has 1 aromatic carbocycles. The van der Waals surface area contributed by atoms with Crippen molar-refractivity contribution in [1.29, 1.82) is 0 Å². The molecule has 3 heterocycles. The predicted molar refractivity (Wildman–Crippen MR) is 182 cm³/mol. The van der Waals surface area contributed by atoms with Gasteiger partial charge in [-0.1, -0.05) is 91.2 Å². The maximum absolute atomic E-state index is 6.00. The Morgan fingerprint density at radius 1 is 0.524 bits per heavy atom. The molecule has 9 heteroatoms. The number of hydrogen-bond acceptors (Lipinski definition) is 6. The van der Waals surface area contributed by atoms with Crippen LogP contribution in [0.2, 0.25) is 57.4 Å². The summed E-state index contributed by atoms with van der Waals surface area (Å²) in [7, 11) is -4.92. The lowest BCUT2D eigenvalue weighted by Gasteiger charge is -2.32. The fraction of sp³-hybridized carbons (Fsp3) is 0.818. The van der Waals surface area contributed by atoms with E-state index in [4.69, 9.17) is 28.4 Å². The maximum atomic E-state index is 6.00. The standard InChI is InChI=1S/C33H60O6Si3/c1-31(25-37-31)22-34-13-10-16-40(4,5)28-19-29(41(6,7)17-11-14-35-23-32(2)26-38-32)21-30(20-28)42(8,9)18-12-15-36-24-33(3)27-39-33/h19-21H,10-18,22-27H2,1-9H3. The van der Waals surface area contributed by atoms with Gasteiger partial charge < -0.3 is 28.4 Å². The summed E-state index contributed by atoms with van der Waals surface area (Å²) in [6.07, 6.45) is 3.36. The minimum Gasteiger partial charge on any atom is -0.378 e. The third-order valence-corrected chi connectivity index (χ3v) is 20.0. The van der Waals surface area contributed by atoms with Crippen molar-refractivity contribution in [2.75, 3.05) is 59.5 Å². The Balaban J connectivity index is 1.41. The van der Waals surface area contributed by atoms with Gasteiger partial charge >= 0.3 is 0 Å². The van der Waals surface area contributed by atoms with Crippen molar-refractivity contribution in [3.63, 3.8) is 0 Å². The van der Waals surface area contributed by atoms with Gasteiger partial charge in [-0.2, -0.15) is 0 Å². The molecule has 3 fully saturated rings. The highest BCUT2D eigenvalue weighted by Crippen LogP contribution is 2.28. The van der Waals surface area contributed by atoms with Gasteiger partial charge in [-0.15, -0.1) is 0 Å². The molecule has 0 amide bonds. The van der Waals surface area contributed by atoms with Gasteiger partial charge in [0.1, 0.15) is 16.8 Å². The number of benzene rings is 1. The van der Waals surface area contributed by atoms with Gasteiger partial charge in [-0.3, -0.25) is 0 Å². The molecule has 42 heavy (non-hydrogen) atoms. The lowest BCUT2D eigenvalue weighted by atomic mass is 10.2. The highest BCUT2D eigenvalue weighted by Gasteiger charge is 2.41. The zero-order valence-electron chi connectivity index (χ0n) is 28.3. The van der Waals surface area contributed by atoms with Crippen LogP contribution in [0.4, 0.5) is 0 Å². The average Bonchev–Trinajstić information content (AvgIpc) is 3.87. The molecule has 240 valence electrons. The molecule has 0 radical (unpaired) electrons. The van der Waals surface area contributed by atoms with Gasteiger partial charge in [0, 0.05) is 19.8 Å². The van der Waals surface area contributed by atoms with Gasteiger partial charge in [0.25, 0.3) is 0 Å². The van der Waals surface area contributed by atoms with Gasteiger partial charge in [0.15, 0.2) is 0 Å². The Kier molecular flexibility index (Phi) is 11.1. The van der Waals surface area contributed by atoms with E-state index >= 15 is 0 Å². The summed E-state index contributed by atoms with van der Waals surface area (Å²) < 4.78 is 34.4. The Morgan fingerprint density at radius 3 is 0.976 bits per heavy atom. The molecular weight excluding hydrogens is 577 g/mol. The largest absolute Gasteiger partial charge is 0.378 e. The number of hydrogen-bond donors (Lipinski definition) is 0. The van der Waals surface area contributed by atoms with Crippen molar-refractivity contribution >= 4 is 39.8 Å². The van der Waals surface area contributed by atoms with E-state index < -0.39 is 24.2 Å². The zero-order chi connectivity index (χ0) is 30.7. The highest BCUT2D eigenvalue weighted by molar-refractivity contribution is 6.95. The SMILES string of the molecule is CC1(COCCC[Si](C)(C)c2cc([Si](C)(C)CCCOCC3(C)CO3)cc([Si](C)(C)CCCOCC3(C)CO3)c2)CO1. The molecule has 0 bridgehead atoms. The molecule has 0 aromatic heterocycles. The van der Waals surface area contributed by atoms with Crippen LogP contribution in [0, 0.1) is 0 Å². The third kappa shape index (κ3) is 10.6. The molecule has 1 aromatic rings. The summed E-state index contributed by atoms with van der Waals surface area (Å²) in [5.74, 6) is 0. The van der Waals surface area contributed by atoms with Crippen LogP contribution in [0.25, 0.3) is 0 Å². The van der Waals surface area contributed by atoms with Crippen molar-refractivity contribution in [3.05, 3.63) is 18.2 Å². The Labute approximate surface area is 259 Å². The van der Waals surface area contributed by atoms with Crippen LogP contribution in [0.15, 0.2) is 18.2 Å². The lowest BCUT2D eigenvalue weighted by Crippen LogP contribution is -2.54. The summed E-state index contributed by atoms with van der Waals surface area (Å²) in [4.78, 5) is 0. The first-order valence-corrected chi connectivity index (χ1v) is 26.0. The highest BCUT2D eigenvalue weighted by atomic mass is 28.3. The molecule has 3 saturated heterocycles. The topological polar surface area (TPSA) is 65.3 Å². The molecule has 0 N–H and O–H groups in total. The minimum absolute atomic E-state index is 0.0219. The van der Waals surface area contributed by atoms with Gasteiger partial charge in [0.2, 0.25) is 0 Å². The van der Waals surface area contributed by atoms with Crippen LogP contribution in [0.3, 0.4) is 0 Å². The van der Waals surface area contributed by atoms with Crippen molar-refractivity contribution in [3.8, 4) is 0 Å². The molecule has 0 saturated carbocycles. The Hall–Kier alpha value is -0.369. The van der Waals surface area contributed by atoms with E-state index in [1.807, 2.05) is 0 Å². The second kappa shape index (κ2) is 13.5. The zero-order valence-corrected chi connectivity index (χ0v) is 31.3. The summed E-state index contributed by atoms with van der Waals surface area (Å²) in [6, 6.07) is 11.6. The molecule has 3 aliphatic heterocycles. The summed E-state index contributed by atoms with van der Waals surface area (Å²) in [5, 5.41) is 4.91. The van der Waals surface area contributed by atoms with E-state index in [1.54, 1.807) is 15.6 Å². The van der Waals surface area contributed by atoms with Gasteiger partial charge in [-0.05, 0) is 40.0 Å². The molecule has 0 aliphatic carbocycles. The van der Waals surface area contributed by atoms with Crippen LogP contribution in [-0.4, -0.2) is 100 Å². The van der Waals surface area contributed by atoms with E-state index in [1.165, 1.54) is 18.1 Å². The molecule has 3 atom stereocenters. The van der Waals surface area contributed by atoms with Crippen LogP contribution in [-0.2, 0) is 28.4 Å². The summed E-state index contributed by atoms with van der Waals surface area (Å²) in [5.41, 5.74) is -0.0656. The van der Waals surface area contributed by atoms with Gasteiger partial charge in [0.05, 0.1) is 63.9 Å². The van der Waals surface area contributed by atoms with Crippen LogP contribution >= 0.6 is 0 Å². The van der Waals surface area contributed by atoms with E-state index in [-0.39, 0.29) is 16.8 Å². The molecule has 6 nitrogen and oxygen atoms in total. The number of rotatable bonds is 21.